The summed E-state index contributed by atoms with van der Waals surface area (Å²) in [7, 11) is 1.54. The Morgan fingerprint density at radius 3 is 2.25 bits per heavy atom. The van der Waals surface area contributed by atoms with E-state index in [4.69, 9.17) is 9.47 Å². The van der Waals surface area contributed by atoms with E-state index in [0.717, 1.165) is 27.8 Å². The van der Waals surface area contributed by atoms with E-state index < -0.39 is 18.0 Å². The lowest BCUT2D eigenvalue weighted by Gasteiger charge is -2.32. The molecule has 1 heterocycles. The summed E-state index contributed by atoms with van der Waals surface area (Å²) >= 11 is 0. The van der Waals surface area contributed by atoms with Crippen molar-refractivity contribution in [2.24, 2.45) is 0 Å². The third-order valence-electron chi connectivity index (χ3n) is 6.38. The summed E-state index contributed by atoms with van der Waals surface area (Å²) in [5.41, 5.74) is 6.08. The zero-order valence-electron chi connectivity index (χ0n) is 17.7. The van der Waals surface area contributed by atoms with Crippen LogP contribution in [0.3, 0.4) is 0 Å². The summed E-state index contributed by atoms with van der Waals surface area (Å²) in [6, 6.07) is 21.6. The van der Waals surface area contributed by atoms with Gasteiger partial charge in [0.1, 0.15) is 12.4 Å². The number of ether oxygens (including phenoxy) is 2. The van der Waals surface area contributed by atoms with E-state index in [9.17, 15) is 14.7 Å². The minimum absolute atomic E-state index is 0.0389. The molecule has 5 rings (SSSR count). The molecule has 1 aliphatic heterocycles. The molecule has 0 saturated carbocycles. The van der Waals surface area contributed by atoms with Crippen molar-refractivity contribution in [3.63, 3.8) is 0 Å². The maximum atomic E-state index is 13.0. The lowest BCUT2D eigenvalue weighted by molar-refractivity contribution is -0.139. The molecule has 6 heteroatoms. The molecular weight excluding hydrogens is 406 g/mol. The number of amides is 1. The number of methoxy groups -OCH3 is 1. The van der Waals surface area contributed by atoms with E-state index in [1.54, 1.807) is 19.2 Å². The Labute approximate surface area is 186 Å². The normalized spacial score (nSPS) is 16.7. The van der Waals surface area contributed by atoms with E-state index in [1.165, 1.54) is 4.90 Å². The molecule has 0 unspecified atom stereocenters. The third-order valence-corrected chi connectivity index (χ3v) is 6.38. The van der Waals surface area contributed by atoms with Gasteiger partial charge in [0, 0.05) is 19.0 Å². The standard InChI is InChI=1S/C26H23NO5/c1-31-17-11-10-16-13-27(14-23(25(28)29)22(16)12-17)26(30)32-15-24-20-8-4-2-6-18(20)19-7-3-5-9-21(19)24/h2-12,23-24H,13-15H2,1H3,(H,28,29)/t23-/m0/s1. The van der Waals surface area contributed by atoms with Gasteiger partial charge in [-0.2, -0.15) is 0 Å². The first-order valence-corrected chi connectivity index (χ1v) is 10.6. The molecule has 3 aromatic carbocycles. The summed E-state index contributed by atoms with van der Waals surface area (Å²) in [6.45, 7) is 0.572. The molecule has 1 atom stereocenters. The number of carbonyl (C=O) groups is 2. The van der Waals surface area contributed by atoms with Gasteiger partial charge >= 0.3 is 12.1 Å². The van der Waals surface area contributed by atoms with Crippen LogP contribution in [0.5, 0.6) is 5.75 Å². The molecule has 1 N–H and O–H groups in total. The van der Waals surface area contributed by atoms with Crippen LogP contribution in [-0.4, -0.2) is 42.3 Å². The van der Waals surface area contributed by atoms with Crippen LogP contribution in [0.2, 0.25) is 0 Å². The second-order valence-corrected chi connectivity index (χ2v) is 8.14. The Balaban J connectivity index is 1.35. The first-order chi connectivity index (χ1) is 15.6. The van der Waals surface area contributed by atoms with Gasteiger partial charge in [-0.05, 0) is 45.5 Å². The first-order valence-electron chi connectivity index (χ1n) is 10.6. The Hall–Kier alpha value is -3.80. The van der Waals surface area contributed by atoms with Gasteiger partial charge < -0.3 is 19.5 Å². The summed E-state index contributed by atoms with van der Waals surface area (Å²) in [5.74, 6) is -1.24. The first kappa shape index (κ1) is 20.1. The van der Waals surface area contributed by atoms with Gasteiger partial charge in [-0.25, -0.2) is 4.79 Å². The highest BCUT2D eigenvalue weighted by Gasteiger charge is 2.35. The zero-order chi connectivity index (χ0) is 22.2. The Morgan fingerprint density at radius 2 is 1.62 bits per heavy atom. The summed E-state index contributed by atoms with van der Waals surface area (Å²) in [5, 5.41) is 9.75. The van der Waals surface area contributed by atoms with E-state index in [2.05, 4.69) is 24.3 Å². The maximum absolute atomic E-state index is 13.0. The number of carboxylic acids is 1. The predicted octanol–water partition coefficient (Wildman–Crippen LogP) is 4.63. The molecule has 0 bridgehead atoms. The SMILES string of the molecule is COc1ccc2c(c1)[C@@H](C(=O)O)CN(C(=O)OCC1c3ccccc3-c3ccccc31)C2. The minimum Gasteiger partial charge on any atom is -0.497 e. The Morgan fingerprint density at radius 1 is 0.969 bits per heavy atom. The number of hydrogen-bond acceptors (Lipinski definition) is 4. The highest BCUT2D eigenvalue weighted by atomic mass is 16.6. The summed E-state index contributed by atoms with van der Waals surface area (Å²) < 4.78 is 11.0. The smallest absolute Gasteiger partial charge is 0.410 e. The molecule has 2 aliphatic rings. The van der Waals surface area contributed by atoms with Crippen molar-refractivity contribution >= 4 is 12.1 Å². The van der Waals surface area contributed by atoms with Crippen molar-refractivity contribution in [1.82, 2.24) is 4.90 Å². The second kappa shape index (κ2) is 8.04. The topological polar surface area (TPSA) is 76.1 Å². The molecule has 0 radical (unpaired) electrons. The number of carbonyl (C=O) groups excluding carboxylic acids is 1. The van der Waals surface area contributed by atoms with Crippen LogP contribution in [0.1, 0.15) is 34.1 Å². The third kappa shape index (κ3) is 3.38. The van der Waals surface area contributed by atoms with Gasteiger partial charge in [0.05, 0.1) is 13.0 Å². The fourth-order valence-electron chi connectivity index (χ4n) is 4.79. The highest BCUT2D eigenvalue weighted by molar-refractivity contribution is 5.80. The van der Waals surface area contributed by atoms with Crippen molar-refractivity contribution in [3.8, 4) is 16.9 Å². The van der Waals surface area contributed by atoms with Gasteiger partial charge in [-0.3, -0.25) is 4.79 Å². The zero-order valence-corrected chi connectivity index (χ0v) is 17.7. The van der Waals surface area contributed by atoms with Gasteiger partial charge in [0.2, 0.25) is 0 Å². The van der Waals surface area contributed by atoms with Gasteiger partial charge in [0.25, 0.3) is 0 Å². The molecule has 1 aliphatic carbocycles. The van der Waals surface area contributed by atoms with Gasteiger partial charge in [0.15, 0.2) is 0 Å². The molecule has 0 aromatic heterocycles. The molecule has 0 fully saturated rings. The van der Waals surface area contributed by atoms with Crippen LogP contribution >= 0.6 is 0 Å². The monoisotopic (exact) mass is 429 g/mol. The van der Waals surface area contributed by atoms with Crippen molar-refractivity contribution in [1.29, 1.82) is 0 Å². The van der Waals surface area contributed by atoms with Crippen LogP contribution in [0.15, 0.2) is 66.7 Å². The number of nitrogens with zero attached hydrogens (tertiary/aromatic N) is 1. The molecule has 0 spiro atoms. The van der Waals surface area contributed by atoms with Crippen LogP contribution in [0.25, 0.3) is 11.1 Å². The molecule has 3 aromatic rings. The maximum Gasteiger partial charge on any atom is 0.410 e. The minimum atomic E-state index is -0.976. The molecule has 0 saturated heterocycles. The van der Waals surface area contributed by atoms with E-state index >= 15 is 0 Å². The van der Waals surface area contributed by atoms with Crippen LogP contribution < -0.4 is 4.74 Å². The second-order valence-electron chi connectivity index (χ2n) is 8.14. The van der Waals surface area contributed by atoms with Gasteiger partial charge in [-0.15, -0.1) is 0 Å². The molecule has 32 heavy (non-hydrogen) atoms. The number of rotatable bonds is 4. The fourth-order valence-corrected chi connectivity index (χ4v) is 4.79. The molecule has 1 amide bonds. The van der Waals surface area contributed by atoms with Gasteiger partial charge in [-0.1, -0.05) is 54.6 Å². The number of carboxylic acid groups (broad SMARTS) is 1. The predicted molar refractivity (Wildman–Crippen MR) is 119 cm³/mol. The number of hydrogen-bond donors (Lipinski definition) is 1. The van der Waals surface area contributed by atoms with Crippen molar-refractivity contribution in [2.75, 3.05) is 20.3 Å². The molecular formula is C26H23NO5. The number of benzene rings is 3. The quantitative estimate of drug-likeness (QED) is 0.655. The highest BCUT2D eigenvalue weighted by Crippen LogP contribution is 2.44. The number of fused-ring (bicyclic) bond motifs is 4. The van der Waals surface area contributed by atoms with Crippen LogP contribution in [0, 0.1) is 0 Å². The van der Waals surface area contributed by atoms with E-state index in [0.29, 0.717) is 17.9 Å². The van der Waals surface area contributed by atoms with Crippen LogP contribution in [-0.2, 0) is 16.1 Å². The average Bonchev–Trinajstić information content (AvgIpc) is 3.15. The van der Waals surface area contributed by atoms with Crippen molar-refractivity contribution in [3.05, 3.63) is 89.0 Å². The molecule has 6 nitrogen and oxygen atoms in total. The van der Waals surface area contributed by atoms with Crippen molar-refractivity contribution in [2.45, 2.75) is 18.4 Å². The molecule has 162 valence electrons. The summed E-state index contributed by atoms with van der Waals surface area (Å²) in [6.07, 6.45) is -0.500. The van der Waals surface area contributed by atoms with E-state index in [1.807, 2.05) is 30.3 Å². The largest absolute Gasteiger partial charge is 0.497 e. The Bertz CT molecular complexity index is 1160. The lowest BCUT2D eigenvalue weighted by Crippen LogP contribution is -2.41. The fraction of sp³-hybridized carbons (Fsp3) is 0.231. The van der Waals surface area contributed by atoms with Crippen molar-refractivity contribution < 1.29 is 24.2 Å². The van der Waals surface area contributed by atoms with Crippen LogP contribution in [0.4, 0.5) is 4.79 Å². The summed E-state index contributed by atoms with van der Waals surface area (Å²) in [4.78, 5) is 26.3. The lowest BCUT2D eigenvalue weighted by atomic mass is 9.89. The van der Waals surface area contributed by atoms with E-state index in [-0.39, 0.29) is 19.1 Å². The Kier molecular flexibility index (Phi) is 5.05. The number of aliphatic carboxylic acids is 1. The average molecular weight is 429 g/mol.